The van der Waals surface area contributed by atoms with Crippen LogP contribution in [0.5, 0.6) is 0 Å². The minimum Gasteiger partial charge on any atom is -0.325 e. The van der Waals surface area contributed by atoms with Gasteiger partial charge in [-0.2, -0.15) is 0 Å². The Morgan fingerprint density at radius 1 is 1.03 bits per heavy atom. The fourth-order valence-corrected chi connectivity index (χ4v) is 4.39. The third-order valence-corrected chi connectivity index (χ3v) is 6.46. The van der Waals surface area contributed by atoms with Gasteiger partial charge in [0.2, 0.25) is 5.91 Å². The zero-order valence-corrected chi connectivity index (χ0v) is 18.0. The number of thioether (sulfide) groups is 1. The number of aromatic nitrogens is 3. The van der Waals surface area contributed by atoms with E-state index in [0.29, 0.717) is 20.9 Å². The number of thiophene rings is 1. The molecule has 0 bridgehead atoms. The van der Waals surface area contributed by atoms with Crippen LogP contribution in [-0.4, -0.2) is 26.4 Å². The summed E-state index contributed by atoms with van der Waals surface area (Å²) in [5.41, 5.74) is 1.53. The third-order valence-electron chi connectivity index (χ3n) is 3.93. The van der Waals surface area contributed by atoms with E-state index in [-0.39, 0.29) is 11.7 Å². The topological polar surface area (TPSA) is 59.8 Å². The quantitative estimate of drug-likeness (QED) is 0.356. The van der Waals surface area contributed by atoms with Crippen LogP contribution in [0.4, 0.5) is 5.69 Å². The lowest BCUT2D eigenvalue weighted by molar-refractivity contribution is -0.113. The molecule has 29 heavy (non-hydrogen) atoms. The molecule has 0 radical (unpaired) electrons. The maximum absolute atomic E-state index is 12.4. The van der Waals surface area contributed by atoms with Crippen molar-refractivity contribution >= 4 is 57.9 Å². The molecule has 2 aromatic carbocycles. The number of para-hydroxylation sites is 1. The Kier molecular flexibility index (Phi) is 6.20. The second kappa shape index (κ2) is 9.00. The molecular formula is C20H14Cl2N4OS2. The number of nitrogens with zero attached hydrogens (tertiary/aromatic N) is 3. The molecule has 0 aliphatic carbocycles. The first-order valence-electron chi connectivity index (χ1n) is 8.54. The monoisotopic (exact) mass is 460 g/mol. The SMILES string of the molecule is O=C(CSc1nnc(-c2cccs2)n1-c1ccccc1)Nc1ccc(Cl)c(Cl)c1. The van der Waals surface area contributed by atoms with E-state index in [1.165, 1.54) is 11.8 Å². The fraction of sp³-hybridized carbons (Fsp3) is 0.0500. The number of nitrogens with one attached hydrogen (secondary N) is 1. The van der Waals surface area contributed by atoms with Gasteiger partial charge in [0.05, 0.1) is 20.7 Å². The fourth-order valence-electron chi connectivity index (χ4n) is 2.64. The molecule has 0 saturated carbocycles. The second-order valence-corrected chi connectivity index (χ2v) is 8.62. The van der Waals surface area contributed by atoms with Crippen LogP contribution in [0.1, 0.15) is 0 Å². The van der Waals surface area contributed by atoms with E-state index >= 15 is 0 Å². The van der Waals surface area contributed by atoms with E-state index in [2.05, 4.69) is 15.5 Å². The van der Waals surface area contributed by atoms with Crippen molar-refractivity contribution in [2.24, 2.45) is 0 Å². The van der Waals surface area contributed by atoms with E-state index in [1.807, 2.05) is 52.4 Å². The Morgan fingerprint density at radius 3 is 2.59 bits per heavy atom. The molecule has 4 aromatic rings. The summed E-state index contributed by atoms with van der Waals surface area (Å²) < 4.78 is 1.96. The van der Waals surface area contributed by atoms with Crippen molar-refractivity contribution in [3.8, 4) is 16.4 Å². The number of halogens is 2. The maximum Gasteiger partial charge on any atom is 0.234 e. The summed E-state index contributed by atoms with van der Waals surface area (Å²) in [7, 11) is 0. The van der Waals surface area contributed by atoms with Gasteiger partial charge in [-0.1, -0.05) is 59.2 Å². The van der Waals surface area contributed by atoms with Crippen LogP contribution in [-0.2, 0) is 4.79 Å². The molecule has 1 N–H and O–H groups in total. The maximum atomic E-state index is 12.4. The van der Waals surface area contributed by atoms with Crippen molar-refractivity contribution in [1.82, 2.24) is 14.8 Å². The molecule has 146 valence electrons. The summed E-state index contributed by atoms with van der Waals surface area (Å²) in [5.74, 6) is 0.752. The number of carbonyl (C=O) groups is 1. The average molecular weight is 461 g/mol. The van der Waals surface area contributed by atoms with E-state index in [4.69, 9.17) is 23.2 Å². The van der Waals surface area contributed by atoms with Gasteiger partial charge in [0.25, 0.3) is 0 Å². The largest absolute Gasteiger partial charge is 0.325 e. The van der Waals surface area contributed by atoms with Gasteiger partial charge in [-0.15, -0.1) is 21.5 Å². The van der Waals surface area contributed by atoms with Crippen LogP contribution >= 0.6 is 46.3 Å². The van der Waals surface area contributed by atoms with Gasteiger partial charge < -0.3 is 5.32 Å². The van der Waals surface area contributed by atoms with Crippen molar-refractivity contribution in [1.29, 1.82) is 0 Å². The Morgan fingerprint density at radius 2 is 1.86 bits per heavy atom. The zero-order chi connectivity index (χ0) is 20.2. The number of hydrogen-bond acceptors (Lipinski definition) is 5. The Hall–Kier alpha value is -2.32. The molecule has 0 aliphatic rings. The lowest BCUT2D eigenvalue weighted by atomic mass is 10.3. The highest BCUT2D eigenvalue weighted by Gasteiger charge is 2.18. The summed E-state index contributed by atoms with van der Waals surface area (Å²) in [6.45, 7) is 0. The molecule has 1 amide bonds. The number of amides is 1. The summed E-state index contributed by atoms with van der Waals surface area (Å²) in [6, 6.07) is 18.8. The first kappa shape index (κ1) is 20.0. The van der Waals surface area contributed by atoms with Crippen LogP contribution in [0.2, 0.25) is 10.0 Å². The van der Waals surface area contributed by atoms with Crippen molar-refractivity contribution in [3.05, 3.63) is 76.1 Å². The van der Waals surface area contributed by atoms with E-state index in [0.717, 1.165) is 16.4 Å². The van der Waals surface area contributed by atoms with Crippen molar-refractivity contribution < 1.29 is 4.79 Å². The van der Waals surface area contributed by atoms with Crippen LogP contribution in [0.3, 0.4) is 0 Å². The van der Waals surface area contributed by atoms with Gasteiger partial charge in [-0.05, 0) is 41.8 Å². The predicted octanol–water partition coefficient (Wildman–Crippen LogP) is 6.03. The molecule has 0 spiro atoms. The summed E-state index contributed by atoms with van der Waals surface area (Å²) in [6.07, 6.45) is 0. The Bertz CT molecular complexity index is 1130. The molecule has 0 fully saturated rings. The molecule has 9 heteroatoms. The number of hydrogen-bond donors (Lipinski definition) is 1. The van der Waals surface area contributed by atoms with Gasteiger partial charge in [0.15, 0.2) is 11.0 Å². The lowest BCUT2D eigenvalue weighted by Gasteiger charge is -2.10. The van der Waals surface area contributed by atoms with Crippen LogP contribution < -0.4 is 5.32 Å². The van der Waals surface area contributed by atoms with Gasteiger partial charge in [0.1, 0.15) is 0 Å². The molecule has 2 heterocycles. The van der Waals surface area contributed by atoms with E-state index in [1.54, 1.807) is 29.5 Å². The molecule has 4 rings (SSSR count). The van der Waals surface area contributed by atoms with Gasteiger partial charge in [0, 0.05) is 11.4 Å². The summed E-state index contributed by atoms with van der Waals surface area (Å²) >= 11 is 14.8. The minimum atomic E-state index is -0.173. The van der Waals surface area contributed by atoms with Gasteiger partial charge in [-0.25, -0.2) is 0 Å². The predicted molar refractivity (Wildman–Crippen MR) is 120 cm³/mol. The van der Waals surface area contributed by atoms with Crippen LogP contribution in [0.15, 0.2) is 71.2 Å². The first-order valence-corrected chi connectivity index (χ1v) is 11.2. The standard InChI is InChI=1S/C20H14Cl2N4OS2/c21-15-9-8-13(11-16(15)22)23-18(27)12-29-20-25-24-19(17-7-4-10-28-17)26(20)14-5-2-1-3-6-14/h1-11H,12H2,(H,23,27). The summed E-state index contributed by atoms with van der Waals surface area (Å²) in [4.78, 5) is 13.4. The third kappa shape index (κ3) is 4.64. The zero-order valence-electron chi connectivity index (χ0n) is 14.9. The molecule has 0 unspecified atom stereocenters. The molecule has 0 aliphatic heterocycles. The van der Waals surface area contributed by atoms with Crippen molar-refractivity contribution in [2.45, 2.75) is 5.16 Å². The highest BCUT2D eigenvalue weighted by molar-refractivity contribution is 7.99. The molecular weight excluding hydrogens is 447 g/mol. The molecule has 0 atom stereocenters. The van der Waals surface area contributed by atoms with E-state index < -0.39 is 0 Å². The Labute approximate surface area is 185 Å². The van der Waals surface area contributed by atoms with Crippen molar-refractivity contribution in [3.63, 3.8) is 0 Å². The van der Waals surface area contributed by atoms with Gasteiger partial charge in [-0.3, -0.25) is 9.36 Å². The lowest BCUT2D eigenvalue weighted by Crippen LogP contribution is -2.14. The number of carbonyl (C=O) groups excluding carboxylic acids is 1. The highest BCUT2D eigenvalue weighted by atomic mass is 35.5. The average Bonchev–Trinajstić information content (AvgIpc) is 3.39. The number of anilines is 1. The first-order chi connectivity index (χ1) is 14.1. The second-order valence-electron chi connectivity index (χ2n) is 5.92. The van der Waals surface area contributed by atoms with E-state index in [9.17, 15) is 4.79 Å². The summed E-state index contributed by atoms with van der Waals surface area (Å²) in [5, 5.41) is 15.0. The minimum absolute atomic E-state index is 0.173. The number of benzene rings is 2. The van der Waals surface area contributed by atoms with Crippen LogP contribution in [0, 0.1) is 0 Å². The van der Waals surface area contributed by atoms with Crippen molar-refractivity contribution in [2.75, 3.05) is 11.1 Å². The van der Waals surface area contributed by atoms with Gasteiger partial charge >= 0.3 is 0 Å². The highest BCUT2D eigenvalue weighted by Crippen LogP contribution is 2.30. The molecule has 0 saturated heterocycles. The molecule has 2 aromatic heterocycles. The normalized spacial score (nSPS) is 10.8. The number of rotatable bonds is 6. The smallest absolute Gasteiger partial charge is 0.234 e. The Balaban J connectivity index is 1.54. The van der Waals surface area contributed by atoms with Crippen LogP contribution in [0.25, 0.3) is 16.4 Å². The molecule has 5 nitrogen and oxygen atoms in total.